The molecule has 0 saturated heterocycles. The monoisotopic (exact) mass is 409 g/mol. The van der Waals surface area contributed by atoms with Crippen LogP contribution in [0.5, 0.6) is 5.75 Å². The van der Waals surface area contributed by atoms with Crippen LogP contribution in [-0.4, -0.2) is 37.3 Å². The number of hydrogen-bond acceptors (Lipinski definition) is 4. The molecule has 0 unspecified atom stereocenters. The van der Waals surface area contributed by atoms with Crippen molar-refractivity contribution in [2.24, 2.45) is 0 Å². The summed E-state index contributed by atoms with van der Waals surface area (Å²) in [5, 5.41) is 12.2. The van der Waals surface area contributed by atoms with Gasteiger partial charge in [-0.2, -0.15) is 0 Å². The highest BCUT2D eigenvalue weighted by atomic mass is 35.5. The topological polar surface area (TPSA) is 84.9 Å². The molecule has 2 N–H and O–H groups in total. The molecular formula is C19H17Cl2NO5. The molecule has 0 aliphatic heterocycles. The Balaban J connectivity index is 2.30. The van der Waals surface area contributed by atoms with Crippen molar-refractivity contribution in [1.29, 1.82) is 0 Å². The van der Waals surface area contributed by atoms with Crippen LogP contribution in [0.1, 0.15) is 15.9 Å². The van der Waals surface area contributed by atoms with Crippen molar-refractivity contribution in [3.05, 3.63) is 63.6 Å². The van der Waals surface area contributed by atoms with Crippen LogP contribution in [0.25, 0.3) is 6.08 Å². The minimum atomic E-state index is -1.10. The van der Waals surface area contributed by atoms with Crippen molar-refractivity contribution in [2.75, 3.05) is 25.6 Å². The number of benzene rings is 2. The maximum absolute atomic E-state index is 12.6. The van der Waals surface area contributed by atoms with Crippen LogP contribution >= 0.6 is 23.2 Å². The number of methoxy groups -OCH3 is 1. The van der Waals surface area contributed by atoms with Crippen molar-refractivity contribution in [3.8, 4) is 5.75 Å². The maximum atomic E-state index is 12.6. The second-order valence-electron chi connectivity index (χ2n) is 5.34. The third-order valence-electron chi connectivity index (χ3n) is 3.41. The predicted octanol–water partition coefficient (Wildman–Crippen LogP) is 4.37. The molecule has 2 aromatic carbocycles. The number of hydrogen-bond donors (Lipinski definition) is 2. The molecule has 0 atom stereocenters. The summed E-state index contributed by atoms with van der Waals surface area (Å²) >= 11 is 11.9. The number of nitrogens with one attached hydrogen (secondary N) is 1. The van der Waals surface area contributed by atoms with Gasteiger partial charge in [-0.05, 0) is 42.0 Å². The molecule has 2 rings (SSSR count). The van der Waals surface area contributed by atoms with Crippen LogP contribution in [0, 0.1) is 0 Å². The van der Waals surface area contributed by atoms with Gasteiger partial charge in [-0.3, -0.25) is 4.79 Å². The summed E-state index contributed by atoms with van der Waals surface area (Å²) in [4.78, 5) is 23.4. The molecule has 27 heavy (non-hydrogen) atoms. The van der Waals surface area contributed by atoms with Crippen molar-refractivity contribution in [2.45, 2.75) is 0 Å². The molecule has 0 bridgehead atoms. The predicted molar refractivity (Wildman–Crippen MR) is 105 cm³/mol. The fourth-order valence-electron chi connectivity index (χ4n) is 2.15. The van der Waals surface area contributed by atoms with E-state index in [4.69, 9.17) is 37.8 Å². The third kappa shape index (κ3) is 6.29. The summed E-state index contributed by atoms with van der Waals surface area (Å²) in [7, 11) is 1.56. The Hall–Kier alpha value is -2.54. The van der Waals surface area contributed by atoms with Crippen LogP contribution in [-0.2, 0) is 9.53 Å². The lowest BCUT2D eigenvalue weighted by Crippen LogP contribution is -2.13. The Morgan fingerprint density at radius 3 is 2.59 bits per heavy atom. The smallest absolute Gasteiger partial charge is 0.328 e. The molecule has 0 aliphatic carbocycles. The molecule has 0 aromatic heterocycles. The molecule has 0 spiro atoms. The lowest BCUT2D eigenvalue weighted by atomic mass is 10.1. The van der Waals surface area contributed by atoms with Crippen LogP contribution in [0.15, 0.2) is 42.5 Å². The Morgan fingerprint density at radius 2 is 1.93 bits per heavy atom. The Morgan fingerprint density at radius 1 is 1.15 bits per heavy atom. The molecule has 8 heteroatoms. The number of halogens is 2. The van der Waals surface area contributed by atoms with E-state index in [1.807, 2.05) is 0 Å². The second kappa shape index (κ2) is 9.97. The Labute approximate surface area is 166 Å². The van der Waals surface area contributed by atoms with Crippen molar-refractivity contribution in [1.82, 2.24) is 0 Å². The van der Waals surface area contributed by atoms with E-state index in [0.29, 0.717) is 35.2 Å². The minimum absolute atomic E-state index is 0.204. The van der Waals surface area contributed by atoms with Gasteiger partial charge in [0, 0.05) is 24.3 Å². The van der Waals surface area contributed by atoms with E-state index < -0.39 is 11.9 Å². The number of carboxylic acid groups (broad SMARTS) is 1. The number of ether oxygens (including phenoxy) is 2. The zero-order chi connectivity index (χ0) is 19.8. The molecular weight excluding hydrogens is 393 g/mol. The van der Waals surface area contributed by atoms with E-state index in [2.05, 4.69) is 5.32 Å². The zero-order valence-electron chi connectivity index (χ0n) is 14.4. The molecule has 142 valence electrons. The summed E-state index contributed by atoms with van der Waals surface area (Å²) in [6.07, 6.45) is 2.35. The highest BCUT2D eigenvalue weighted by Crippen LogP contribution is 2.27. The standard InChI is InChI=1S/C19H17Cl2NO5/c1-26-8-9-27-14-5-2-12(3-7-18(23)24)17(11-14)22-19(25)15-6-4-13(20)10-16(15)21/h2-7,10-11H,8-9H2,1H3,(H,22,25)(H,23,24)/b7-3+. The lowest BCUT2D eigenvalue weighted by Gasteiger charge is -2.13. The van der Waals surface area contributed by atoms with Gasteiger partial charge in [0.05, 0.1) is 22.9 Å². The highest BCUT2D eigenvalue weighted by molar-refractivity contribution is 6.37. The molecule has 1 amide bonds. The summed E-state index contributed by atoms with van der Waals surface area (Å²) in [6.45, 7) is 0.736. The first-order valence-corrected chi connectivity index (χ1v) is 8.59. The van der Waals surface area contributed by atoms with Gasteiger partial charge in [-0.25, -0.2) is 4.79 Å². The fraction of sp³-hybridized carbons (Fsp3) is 0.158. The second-order valence-corrected chi connectivity index (χ2v) is 6.18. The molecule has 0 fully saturated rings. The Kier molecular flexibility index (Phi) is 7.67. The van der Waals surface area contributed by atoms with Crippen LogP contribution in [0.3, 0.4) is 0 Å². The van der Waals surface area contributed by atoms with Crippen LogP contribution < -0.4 is 10.1 Å². The first kappa shape index (κ1) is 20.8. The van der Waals surface area contributed by atoms with E-state index in [-0.39, 0.29) is 10.6 Å². The molecule has 0 heterocycles. The van der Waals surface area contributed by atoms with E-state index >= 15 is 0 Å². The van der Waals surface area contributed by atoms with Gasteiger partial charge in [-0.15, -0.1) is 0 Å². The zero-order valence-corrected chi connectivity index (χ0v) is 15.9. The summed E-state index contributed by atoms with van der Waals surface area (Å²) in [5.74, 6) is -1.07. The summed E-state index contributed by atoms with van der Waals surface area (Å²) in [6, 6.07) is 9.43. The van der Waals surface area contributed by atoms with E-state index in [1.165, 1.54) is 18.2 Å². The van der Waals surface area contributed by atoms with Crippen molar-refractivity contribution < 1.29 is 24.2 Å². The molecule has 0 aliphatic rings. The summed E-state index contributed by atoms with van der Waals surface area (Å²) in [5.41, 5.74) is 1.10. The van der Waals surface area contributed by atoms with Crippen LogP contribution in [0.4, 0.5) is 5.69 Å². The number of rotatable bonds is 8. The number of anilines is 1. The Bertz CT molecular complexity index is 867. The molecule has 0 saturated carbocycles. The first-order chi connectivity index (χ1) is 12.9. The number of carbonyl (C=O) groups is 2. The SMILES string of the molecule is COCCOc1ccc(/C=C/C(=O)O)c(NC(=O)c2ccc(Cl)cc2Cl)c1. The van der Waals surface area contributed by atoms with Gasteiger partial charge in [-0.1, -0.05) is 23.2 Å². The van der Waals surface area contributed by atoms with Gasteiger partial charge in [0.25, 0.3) is 5.91 Å². The maximum Gasteiger partial charge on any atom is 0.328 e. The van der Waals surface area contributed by atoms with Gasteiger partial charge >= 0.3 is 5.97 Å². The first-order valence-electron chi connectivity index (χ1n) is 7.84. The number of carbonyl (C=O) groups excluding carboxylic acids is 1. The fourth-order valence-corrected chi connectivity index (χ4v) is 2.64. The van der Waals surface area contributed by atoms with E-state index in [0.717, 1.165) is 6.08 Å². The van der Waals surface area contributed by atoms with Gasteiger partial charge in [0.2, 0.25) is 0 Å². The summed E-state index contributed by atoms with van der Waals surface area (Å²) < 4.78 is 10.5. The lowest BCUT2D eigenvalue weighted by molar-refractivity contribution is -0.131. The van der Waals surface area contributed by atoms with E-state index in [1.54, 1.807) is 31.4 Å². The number of aliphatic carboxylic acids is 1. The molecule has 0 radical (unpaired) electrons. The normalized spacial score (nSPS) is 10.8. The van der Waals surface area contributed by atoms with Crippen molar-refractivity contribution in [3.63, 3.8) is 0 Å². The largest absolute Gasteiger partial charge is 0.491 e. The quantitative estimate of drug-likeness (QED) is 0.499. The average Bonchev–Trinajstić information content (AvgIpc) is 2.61. The van der Waals surface area contributed by atoms with Gasteiger partial charge in [0.15, 0.2) is 0 Å². The molecule has 6 nitrogen and oxygen atoms in total. The average molecular weight is 410 g/mol. The number of amides is 1. The minimum Gasteiger partial charge on any atom is -0.491 e. The van der Waals surface area contributed by atoms with Crippen molar-refractivity contribution >= 4 is 46.8 Å². The third-order valence-corrected chi connectivity index (χ3v) is 3.96. The molecule has 2 aromatic rings. The van der Waals surface area contributed by atoms with Crippen LogP contribution in [0.2, 0.25) is 10.0 Å². The van der Waals surface area contributed by atoms with Gasteiger partial charge < -0.3 is 19.9 Å². The number of carboxylic acids is 1. The highest BCUT2D eigenvalue weighted by Gasteiger charge is 2.13. The van der Waals surface area contributed by atoms with Gasteiger partial charge in [0.1, 0.15) is 12.4 Å². The van der Waals surface area contributed by atoms with E-state index in [9.17, 15) is 9.59 Å².